The zero-order valence-corrected chi connectivity index (χ0v) is 15.2. The first kappa shape index (κ1) is 19.5. The molecule has 23 heavy (non-hydrogen) atoms. The molecule has 1 aromatic heterocycles. The molecule has 4 nitrogen and oxygen atoms in total. The van der Waals surface area contributed by atoms with E-state index in [4.69, 9.17) is 10.2 Å². The average Bonchev–Trinajstić information content (AvgIpc) is 2.90. The van der Waals surface area contributed by atoms with E-state index < -0.39 is 6.04 Å². The van der Waals surface area contributed by atoms with Crippen LogP contribution in [0.2, 0.25) is 0 Å². The number of carbonyl (C=O) groups is 1. The minimum absolute atomic E-state index is 0. The van der Waals surface area contributed by atoms with Crippen molar-refractivity contribution in [3.8, 4) is 0 Å². The van der Waals surface area contributed by atoms with Gasteiger partial charge in [-0.15, -0.1) is 12.4 Å². The van der Waals surface area contributed by atoms with Crippen molar-refractivity contribution in [2.75, 3.05) is 7.05 Å². The molecule has 2 aromatic rings. The van der Waals surface area contributed by atoms with Gasteiger partial charge in [0.2, 0.25) is 5.91 Å². The number of amides is 1. The molecule has 5 heteroatoms. The van der Waals surface area contributed by atoms with Crippen molar-refractivity contribution < 1.29 is 9.21 Å². The molecule has 0 aliphatic rings. The predicted octanol–water partition coefficient (Wildman–Crippen LogP) is 3.75. The Bertz CT molecular complexity index is 654. The van der Waals surface area contributed by atoms with Gasteiger partial charge < -0.3 is 15.1 Å². The molecule has 0 aliphatic carbocycles. The molecule has 0 radical (unpaired) electrons. The summed E-state index contributed by atoms with van der Waals surface area (Å²) in [5.74, 6) is 1.11. The van der Waals surface area contributed by atoms with Crippen molar-refractivity contribution >= 4 is 29.3 Å². The highest BCUT2D eigenvalue weighted by Gasteiger charge is 2.24. The van der Waals surface area contributed by atoms with Crippen LogP contribution in [0.25, 0.3) is 11.0 Å². The van der Waals surface area contributed by atoms with Crippen molar-refractivity contribution in [3.05, 3.63) is 35.6 Å². The molecule has 0 fully saturated rings. The molecular formula is C18H27ClN2O2. The van der Waals surface area contributed by atoms with Gasteiger partial charge in [0.1, 0.15) is 11.3 Å². The van der Waals surface area contributed by atoms with E-state index in [2.05, 4.69) is 13.8 Å². The van der Waals surface area contributed by atoms with Gasteiger partial charge in [0.15, 0.2) is 0 Å². The summed E-state index contributed by atoms with van der Waals surface area (Å²) >= 11 is 0. The molecule has 128 valence electrons. The standard InChI is InChI=1S/C18H26N2O2.ClH/c1-5-12(3)17(19)18(21)20(4)11-14-13-9-7-8-10-16(13)22-15(14)6-2;/h7-10,12,17H,5-6,11,19H2,1-4H3;1H. The topological polar surface area (TPSA) is 59.5 Å². The Morgan fingerprint density at radius 1 is 1.30 bits per heavy atom. The maximum atomic E-state index is 12.5. The van der Waals surface area contributed by atoms with E-state index in [-0.39, 0.29) is 24.2 Å². The Morgan fingerprint density at radius 3 is 2.57 bits per heavy atom. The zero-order valence-electron chi connectivity index (χ0n) is 14.3. The summed E-state index contributed by atoms with van der Waals surface area (Å²) in [6.07, 6.45) is 1.71. The van der Waals surface area contributed by atoms with Gasteiger partial charge in [0.05, 0.1) is 6.04 Å². The number of fused-ring (bicyclic) bond motifs is 1. The largest absolute Gasteiger partial charge is 0.461 e. The van der Waals surface area contributed by atoms with Crippen molar-refractivity contribution in [2.24, 2.45) is 11.7 Å². The van der Waals surface area contributed by atoms with Crippen LogP contribution in [0.15, 0.2) is 28.7 Å². The van der Waals surface area contributed by atoms with Crippen LogP contribution in [0.5, 0.6) is 0 Å². The number of hydrogen-bond donors (Lipinski definition) is 1. The van der Waals surface area contributed by atoms with Gasteiger partial charge >= 0.3 is 0 Å². The van der Waals surface area contributed by atoms with Gasteiger partial charge in [-0.25, -0.2) is 0 Å². The molecule has 0 spiro atoms. The maximum absolute atomic E-state index is 12.5. The number of nitrogens with two attached hydrogens (primary N) is 1. The summed E-state index contributed by atoms with van der Waals surface area (Å²) in [6.45, 7) is 6.66. The third kappa shape index (κ3) is 4.06. The van der Waals surface area contributed by atoms with Gasteiger partial charge in [-0.3, -0.25) is 4.79 Å². The second kappa shape index (κ2) is 8.37. The van der Waals surface area contributed by atoms with Crippen LogP contribution >= 0.6 is 12.4 Å². The van der Waals surface area contributed by atoms with E-state index in [1.807, 2.05) is 38.2 Å². The lowest BCUT2D eigenvalue weighted by atomic mass is 9.98. The molecule has 1 aromatic carbocycles. The monoisotopic (exact) mass is 338 g/mol. The highest BCUT2D eigenvalue weighted by molar-refractivity contribution is 5.85. The second-order valence-corrected chi connectivity index (χ2v) is 5.96. The fraction of sp³-hybridized carbons (Fsp3) is 0.500. The predicted molar refractivity (Wildman–Crippen MR) is 96.7 cm³/mol. The fourth-order valence-electron chi connectivity index (χ4n) is 2.68. The molecule has 0 bridgehead atoms. The van der Waals surface area contributed by atoms with Crippen molar-refractivity contribution in [1.29, 1.82) is 0 Å². The molecule has 1 amide bonds. The molecule has 2 atom stereocenters. The number of hydrogen-bond acceptors (Lipinski definition) is 3. The second-order valence-electron chi connectivity index (χ2n) is 5.96. The van der Waals surface area contributed by atoms with Crippen molar-refractivity contribution in [1.82, 2.24) is 4.90 Å². The Hall–Kier alpha value is -1.52. The van der Waals surface area contributed by atoms with Crippen molar-refractivity contribution in [2.45, 2.75) is 46.2 Å². The molecule has 2 rings (SSSR count). The Kier molecular flexibility index (Phi) is 7.10. The zero-order chi connectivity index (χ0) is 16.3. The molecule has 2 unspecified atom stereocenters. The Balaban J connectivity index is 0.00000264. The summed E-state index contributed by atoms with van der Waals surface area (Å²) in [5, 5.41) is 1.08. The Labute approximate surface area is 144 Å². The lowest BCUT2D eigenvalue weighted by Crippen LogP contribution is -2.45. The number of aryl methyl sites for hydroxylation is 1. The van der Waals surface area contributed by atoms with Crippen LogP contribution in [0, 0.1) is 5.92 Å². The van der Waals surface area contributed by atoms with Gasteiger partial charge in [0, 0.05) is 31.0 Å². The third-order valence-electron chi connectivity index (χ3n) is 4.42. The normalized spacial score (nSPS) is 13.4. The average molecular weight is 339 g/mol. The number of furan rings is 1. The number of halogens is 1. The van der Waals surface area contributed by atoms with E-state index in [0.717, 1.165) is 35.1 Å². The molecule has 0 aliphatic heterocycles. The first-order chi connectivity index (χ1) is 10.5. The summed E-state index contributed by atoms with van der Waals surface area (Å²) < 4.78 is 5.89. The van der Waals surface area contributed by atoms with Crippen LogP contribution in [-0.4, -0.2) is 23.9 Å². The lowest BCUT2D eigenvalue weighted by molar-refractivity contribution is -0.132. The maximum Gasteiger partial charge on any atom is 0.239 e. The molecular weight excluding hydrogens is 312 g/mol. The molecule has 0 saturated heterocycles. The third-order valence-corrected chi connectivity index (χ3v) is 4.42. The van der Waals surface area contributed by atoms with Gasteiger partial charge in [-0.05, 0) is 12.0 Å². The number of nitrogens with zero attached hydrogens (tertiary/aromatic N) is 1. The van der Waals surface area contributed by atoms with Crippen LogP contribution in [-0.2, 0) is 17.8 Å². The van der Waals surface area contributed by atoms with E-state index in [0.29, 0.717) is 6.54 Å². The minimum atomic E-state index is -0.446. The highest BCUT2D eigenvalue weighted by atomic mass is 35.5. The lowest BCUT2D eigenvalue weighted by Gasteiger charge is -2.24. The van der Waals surface area contributed by atoms with Crippen LogP contribution in [0.4, 0.5) is 0 Å². The van der Waals surface area contributed by atoms with E-state index in [1.54, 1.807) is 4.90 Å². The van der Waals surface area contributed by atoms with Crippen LogP contribution in [0.1, 0.15) is 38.5 Å². The number of rotatable bonds is 6. The number of likely N-dealkylation sites (N-methyl/N-ethyl adjacent to an activating group) is 1. The SMILES string of the molecule is CCc1oc2ccccc2c1CN(C)C(=O)C(N)C(C)CC.Cl. The van der Waals surface area contributed by atoms with E-state index >= 15 is 0 Å². The van der Waals surface area contributed by atoms with Crippen LogP contribution in [0.3, 0.4) is 0 Å². The quantitative estimate of drug-likeness (QED) is 0.872. The molecule has 0 saturated carbocycles. The summed E-state index contributed by atoms with van der Waals surface area (Å²) in [6, 6.07) is 7.51. The highest BCUT2D eigenvalue weighted by Crippen LogP contribution is 2.27. The first-order valence-corrected chi connectivity index (χ1v) is 7.99. The van der Waals surface area contributed by atoms with Gasteiger partial charge in [-0.1, -0.05) is 45.4 Å². The van der Waals surface area contributed by atoms with Gasteiger partial charge in [0.25, 0.3) is 0 Å². The Morgan fingerprint density at radius 2 is 1.96 bits per heavy atom. The van der Waals surface area contributed by atoms with E-state index in [1.165, 1.54) is 0 Å². The van der Waals surface area contributed by atoms with Crippen molar-refractivity contribution in [3.63, 3.8) is 0 Å². The van der Waals surface area contributed by atoms with Crippen LogP contribution < -0.4 is 5.73 Å². The summed E-state index contributed by atoms with van der Waals surface area (Å²) in [5.41, 5.74) is 8.03. The minimum Gasteiger partial charge on any atom is -0.461 e. The first-order valence-electron chi connectivity index (χ1n) is 7.99. The summed E-state index contributed by atoms with van der Waals surface area (Å²) in [7, 11) is 1.81. The smallest absolute Gasteiger partial charge is 0.239 e. The molecule has 2 N–H and O–H groups in total. The number of carbonyl (C=O) groups excluding carboxylic acids is 1. The number of para-hydroxylation sites is 1. The van der Waals surface area contributed by atoms with E-state index in [9.17, 15) is 4.79 Å². The summed E-state index contributed by atoms with van der Waals surface area (Å²) in [4.78, 5) is 14.2. The fourth-order valence-corrected chi connectivity index (χ4v) is 2.68. The number of benzene rings is 1. The molecule has 1 heterocycles. The van der Waals surface area contributed by atoms with Gasteiger partial charge in [-0.2, -0.15) is 0 Å².